The zero-order valence-corrected chi connectivity index (χ0v) is 13.7. The lowest BCUT2D eigenvalue weighted by Crippen LogP contribution is -2.08. The summed E-state index contributed by atoms with van der Waals surface area (Å²) in [5.41, 5.74) is 1.54. The van der Waals surface area contributed by atoms with E-state index in [0.717, 1.165) is 5.69 Å². The Kier molecular flexibility index (Phi) is 4.57. The highest BCUT2D eigenvalue weighted by Crippen LogP contribution is 2.20. The standard InChI is InChI=1S/C16H18FN5O2/c1-10-7-14(20-22(10)13-6-4-5-12(17)8-13)18-11(2)16-19-15(9-23-3)21-24-16/h4-8,11H,9H2,1-3H3,(H,18,20)/t11-/m0/s1. The number of anilines is 1. The van der Waals surface area contributed by atoms with Gasteiger partial charge in [-0.3, -0.25) is 0 Å². The normalized spacial score (nSPS) is 12.3. The van der Waals surface area contributed by atoms with Crippen LogP contribution in [0.2, 0.25) is 0 Å². The van der Waals surface area contributed by atoms with Gasteiger partial charge in [-0.2, -0.15) is 10.1 Å². The van der Waals surface area contributed by atoms with Crippen LogP contribution in [0.25, 0.3) is 5.69 Å². The number of benzene rings is 1. The first-order chi connectivity index (χ1) is 11.6. The van der Waals surface area contributed by atoms with Gasteiger partial charge in [-0.1, -0.05) is 11.2 Å². The van der Waals surface area contributed by atoms with E-state index in [1.165, 1.54) is 12.1 Å². The Morgan fingerprint density at radius 1 is 1.38 bits per heavy atom. The van der Waals surface area contributed by atoms with Crippen LogP contribution in [-0.4, -0.2) is 27.0 Å². The molecule has 1 aromatic carbocycles. The molecule has 0 fully saturated rings. The smallest absolute Gasteiger partial charge is 0.248 e. The van der Waals surface area contributed by atoms with Crippen molar-refractivity contribution in [2.24, 2.45) is 0 Å². The van der Waals surface area contributed by atoms with Crippen molar-refractivity contribution in [2.75, 3.05) is 12.4 Å². The molecule has 3 rings (SSSR count). The fourth-order valence-electron chi connectivity index (χ4n) is 2.33. The van der Waals surface area contributed by atoms with Gasteiger partial charge in [0.05, 0.1) is 5.69 Å². The van der Waals surface area contributed by atoms with Crippen LogP contribution in [0.4, 0.5) is 10.2 Å². The van der Waals surface area contributed by atoms with Crippen molar-refractivity contribution in [2.45, 2.75) is 26.5 Å². The zero-order chi connectivity index (χ0) is 17.1. The summed E-state index contributed by atoms with van der Waals surface area (Å²) in [4.78, 5) is 4.25. The van der Waals surface area contributed by atoms with Crippen molar-refractivity contribution in [1.29, 1.82) is 0 Å². The molecule has 0 bridgehead atoms. The summed E-state index contributed by atoms with van der Waals surface area (Å²) < 4.78 is 25.2. The van der Waals surface area contributed by atoms with Crippen LogP contribution in [0.1, 0.15) is 30.4 Å². The van der Waals surface area contributed by atoms with Gasteiger partial charge in [0.2, 0.25) is 5.89 Å². The van der Waals surface area contributed by atoms with Gasteiger partial charge in [0.25, 0.3) is 0 Å². The molecule has 0 saturated carbocycles. The Morgan fingerprint density at radius 2 is 2.21 bits per heavy atom. The highest BCUT2D eigenvalue weighted by molar-refractivity contribution is 5.42. The molecule has 0 radical (unpaired) electrons. The minimum Gasteiger partial charge on any atom is -0.377 e. The van der Waals surface area contributed by atoms with Gasteiger partial charge in [0, 0.05) is 18.9 Å². The molecule has 3 aromatic rings. The first kappa shape index (κ1) is 16.1. The average molecular weight is 331 g/mol. The molecular formula is C16H18FN5O2. The summed E-state index contributed by atoms with van der Waals surface area (Å²) in [6.07, 6.45) is 0. The Balaban J connectivity index is 1.77. The van der Waals surface area contributed by atoms with E-state index >= 15 is 0 Å². The number of rotatable bonds is 6. The minimum absolute atomic E-state index is 0.224. The molecule has 0 aliphatic carbocycles. The van der Waals surface area contributed by atoms with Crippen LogP contribution in [-0.2, 0) is 11.3 Å². The van der Waals surface area contributed by atoms with Crippen molar-refractivity contribution < 1.29 is 13.7 Å². The van der Waals surface area contributed by atoms with Crippen LogP contribution in [0.5, 0.6) is 0 Å². The number of aryl methyl sites for hydroxylation is 1. The monoisotopic (exact) mass is 331 g/mol. The van der Waals surface area contributed by atoms with Crippen molar-refractivity contribution in [3.63, 3.8) is 0 Å². The fourth-order valence-corrected chi connectivity index (χ4v) is 2.33. The predicted molar refractivity (Wildman–Crippen MR) is 85.3 cm³/mol. The van der Waals surface area contributed by atoms with Crippen molar-refractivity contribution in [3.8, 4) is 5.69 Å². The highest BCUT2D eigenvalue weighted by atomic mass is 19.1. The number of nitrogens with one attached hydrogen (secondary N) is 1. The lowest BCUT2D eigenvalue weighted by atomic mass is 10.3. The number of hydrogen-bond acceptors (Lipinski definition) is 6. The molecule has 0 unspecified atom stereocenters. The first-order valence-corrected chi connectivity index (χ1v) is 7.47. The average Bonchev–Trinajstić information content (AvgIpc) is 3.14. The summed E-state index contributed by atoms with van der Waals surface area (Å²) in [7, 11) is 1.57. The summed E-state index contributed by atoms with van der Waals surface area (Å²) in [5, 5.41) is 11.5. The number of aromatic nitrogens is 4. The van der Waals surface area contributed by atoms with E-state index in [0.29, 0.717) is 29.8 Å². The van der Waals surface area contributed by atoms with E-state index in [9.17, 15) is 4.39 Å². The molecule has 8 heteroatoms. The van der Waals surface area contributed by atoms with E-state index in [-0.39, 0.29) is 11.9 Å². The van der Waals surface area contributed by atoms with Gasteiger partial charge >= 0.3 is 0 Å². The summed E-state index contributed by atoms with van der Waals surface area (Å²) in [6, 6.07) is 7.92. The number of nitrogens with zero attached hydrogens (tertiary/aromatic N) is 4. The van der Waals surface area contributed by atoms with Gasteiger partial charge in [-0.25, -0.2) is 9.07 Å². The molecule has 2 aromatic heterocycles. The first-order valence-electron chi connectivity index (χ1n) is 7.47. The molecule has 1 atom stereocenters. The molecule has 7 nitrogen and oxygen atoms in total. The Morgan fingerprint density at radius 3 is 2.96 bits per heavy atom. The van der Waals surface area contributed by atoms with E-state index in [4.69, 9.17) is 9.26 Å². The third-order valence-corrected chi connectivity index (χ3v) is 3.43. The van der Waals surface area contributed by atoms with E-state index in [2.05, 4.69) is 20.6 Å². The molecule has 0 aliphatic heterocycles. The van der Waals surface area contributed by atoms with Crippen LogP contribution < -0.4 is 5.32 Å². The topological polar surface area (TPSA) is 78.0 Å². The van der Waals surface area contributed by atoms with Crippen molar-refractivity contribution >= 4 is 5.82 Å². The Labute approximate surface area is 138 Å². The van der Waals surface area contributed by atoms with Crippen LogP contribution in [0.15, 0.2) is 34.9 Å². The van der Waals surface area contributed by atoms with Crippen molar-refractivity contribution in [1.82, 2.24) is 19.9 Å². The van der Waals surface area contributed by atoms with E-state index in [1.54, 1.807) is 23.9 Å². The molecule has 0 amide bonds. The van der Waals surface area contributed by atoms with Gasteiger partial charge in [-0.15, -0.1) is 0 Å². The molecule has 0 aliphatic rings. The van der Waals surface area contributed by atoms with Crippen LogP contribution in [0.3, 0.4) is 0 Å². The molecule has 0 saturated heterocycles. The molecular weight excluding hydrogens is 313 g/mol. The van der Waals surface area contributed by atoms with Gasteiger partial charge in [0.1, 0.15) is 24.3 Å². The summed E-state index contributed by atoms with van der Waals surface area (Å²) in [6.45, 7) is 4.08. The zero-order valence-electron chi connectivity index (χ0n) is 13.7. The Bertz CT molecular complexity index is 829. The largest absolute Gasteiger partial charge is 0.377 e. The lowest BCUT2D eigenvalue weighted by Gasteiger charge is -2.08. The maximum atomic E-state index is 13.4. The number of hydrogen-bond donors (Lipinski definition) is 1. The van der Waals surface area contributed by atoms with E-state index in [1.807, 2.05) is 19.9 Å². The second kappa shape index (κ2) is 6.79. The molecule has 126 valence electrons. The SMILES string of the molecule is COCc1noc([C@H](C)Nc2cc(C)n(-c3cccc(F)c3)n2)n1. The summed E-state index contributed by atoms with van der Waals surface area (Å²) in [5.74, 6) is 1.26. The quantitative estimate of drug-likeness (QED) is 0.748. The van der Waals surface area contributed by atoms with Crippen LogP contribution >= 0.6 is 0 Å². The molecule has 0 spiro atoms. The van der Waals surface area contributed by atoms with Crippen LogP contribution in [0, 0.1) is 12.7 Å². The minimum atomic E-state index is -0.304. The number of methoxy groups -OCH3 is 1. The third kappa shape index (κ3) is 3.43. The maximum Gasteiger partial charge on any atom is 0.248 e. The molecule has 24 heavy (non-hydrogen) atoms. The second-order valence-electron chi connectivity index (χ2n) is 5.41. The summed E-state index contributed by atoms with van der Waals surface area (Å²) >= 11 is 0. The van der Waals surface area contributed by atoms with E-state index < -0.39 is 0 Å². The number of halogens is 1. The fraction of sp³-hybridized carbons (Fsp3) is 0.312. The van der Waals surface area contributed by atoms with Crippen molar-refractivity contribution in [3.05, 3.63) is 53.6 Å². The number of ether oxygens (including phenoxy) is 1. The lowest BCUT2D eigenvalue weighted by molar-refractivity contribution is 0.174. The maximum absolute atomic E-state index is 13.4. The molecule has 1 N–H and O–H groups in total. The second-order valence-corrected chi connectivity index (χ2v) is 5.41. The Hall–Kier alpha value is -2.74. The van der Waals surface area contributed by atoms with Gasteiger partial charge < -0.3 is 14.6 Å². The molecule has 2 heterocycles. The third-order valence-electron chi connectivity index (χ3n) is 3.43. The van der Waals surface area contributed by atoms with Gasteiger partial charge in [0.15, 0.2) is 5.82 Å². The predicted octanol–water partition coefficient (Wildman–Crippen LogP) is 3.02. The van der Waals surface area contributed by atoms with Gasteiger partial charge in [-0.05, 0) is 32.0 Å². The highest BCUT2D eigenvalue weighted by Gasteiger charge is 2.16.